The van der Waals surface area contributed by atoms with Gasteiger partial charge in [-0.05, 0) is 18.2 Å². The normalized spacial score (nSPS) is 10.9. The molecule has 23 heavy (non-hydrogen) atoms. The number of methoxy groups -OCH3 is 1. The number of amides is 1. The van der Waals surface area contributed by atoms with Crippen LogP contribution in [-0.2, 0) is 4.79 Å². The summed E-state index contributed by atoms with van der Waals surface area (Å²) in [6.45, 7) is 0. The number of rotatable bonds is 5. The van der Waals surface area contributed by atoms with Crippen LogP contribution in [0.1, 0.15) is 5.76 Å². The van der Waals surface area contributed by atoms with Crippen LogP contribution in [0.5, 0.6) is 5.75 Å². The number of nitrogens with two attached hydrogens (primary N) is 1. The van der Waals surface area contributed by atoms with Gasteiger partial charge in [0, 0.05) is 12.1 Å². The van der Waals surface area contributed by atoms with E-state index in [1.165, 1.54) is 37.5 Å². The van der Waals surface area contributed by atoms with Crippen molar-refractivity contribution in [2.75, 3.05) is 7.11 Å². The lowest BCUT2D eigenvalue weighted by molar-refractivity contribution is -0.384. The third kappa shape index (κ3) is 3.36. The van der Waals surface area contributed by atoms with E-state index in [0.717, 1.165) is 0 Å². The minimum absolute atomic E-state index is 0.113. The van der Waals surface area contributed by atoms with Gasteiger partial charge < -0.3 is 14.9 Å². The van der Waals surface area contributed by atoms with Crippen molar-refractivity contribution < 1.29 is 18.9 Å². The Labute approximate surface area is 130 Å². The van der Waals surface area contributed by atoms with E-state index in [1.54, 1.807) is 12.1 Å². The molecule has 1 amide bonds. The van der Waals surface area contributed by atoms with E-state index in [1.807, 2.05) is 0 Å². The van der Waals surface area contributed by atoms with E-state index >= 15 is 0 Å². The summed E-state index contributed by atoms with van der Waals surface area (Å²) >= 11 is 0. The Hall–Kier alpha value is -3.60. The average molecular weight is 313 g/mol. The zero-order valence-electron chi connectivity index (χ0n) is 12.0. The fraction of sp³-hybridized carbons (Fsp3) is 0.0667. The number of carbonyl (C=O) groups is 1. The van der Waals surface area contributed by atoms with E-state index in [9.17, 15) is 14.9 Å². The molecule has 0 saturated heterocycles. The molecular weight excluding hydrogens is 302 g/mol. The van der Waals surface area contributed by atoms with Crippen LogP contribution in [0.4, 0.5) is 5.69 Å². The van der Waals surface area contributed by atoms with Gasteiger partial charge in [-0.25, -0.2) is 0 Å². The summed E-state index contributed by atoms with van der Waals surface area (Å²) in [5, 5.41) is 19.6. The fourth-order valence-electron chi connectivity index (χ4n) is 1.87. The molecule has 0 unspecified atom stereocenters. The first-order valence-corrected chi connectivity index (χ1v) is 6.30. The SMILES string of the molecule is COc1cc([N+](=O)[O-])ccc1-c1ccc(C=C(C#N)C(N)=O)o1. The Balaban J connectivity index is 2.43. The maximum absolute atomic E-state index is 11.0. The number of nitro groups is 1. The summed E-state index contributed by atoms with van der Waals surface area (Å²) in [5.41, 5.74) is 5.18. The molecule has 0 bridgehead atoms. The largest absolute Gasteiger partial charge is 0.496 e. The number of primary amides is 1. The lowest BCUT2D eigenvalue weighted by atomic mass is 10.1. The van der Waals surface area contributed by atoms with E-state index in [-0.39, 0.29) is 22.8 Å². The van der Waals surface area contributed by atoms with Gasteiger partial charge in [-0.15, -0.1) is 0 Å². The van der Waals surface area contributed by atoms with Crippen molar-refractivity contribution in [3.63, 3.8) is 0 Å². The molecule has 0 aliphatic carbocycles. The second-order valence-electron chi connectivity index (χ2n) is 4.38. The molecule has 1 aromatic carbocycles. The Bertz CT molecular complexity index is 845. The minimum atomic E-state index is -0.863. The van der Waals surface area contributed by atoms with Crippen LogP contribution in [0, 0.1) is 21.4 Å². The highest BCUT2D eigenvalue weighted by Crippen LogP contribution is 2.34. The van der Waals surface area contributed by atoms with E-state index < -0.39 is 10.8 Å². The van der Waals surface area contributed by atoms with Gasteiger partial charge in [0.1, 0.15) is 28.9 Å². The van der Waals surface area contributed by atoms with Gasteiger partial charge in [-0.2, -0.15) is 5.26 Å². The van der Waals surface area contributed by atoms with Crippen molar-refractivity contribution in [2.24, 2.45) is 5.73 Å². The van der Waals surface area contributed by atoms with Crippen LogP contribution in [0.15, 0.2) is 40.3 Å². The second kappa shape index (κ2) is 6.44. The number of benzene rings is 1. The molecule has 2 N–H and O–H groups in total. The molecule has 1 heterocycles. The van der Waals surface area contributed by atoms with Gasteiger partial charge in [-0.3, -0.25) is 14.9 Å². The molecule has 0 radical (unpaired) electrons. The van der Waals surface area contributed by atoms with Crippen LogP contribution < -0.4 is 10.5 Å². The number of furan rings is 1. The number of nitrogens with zero attached hydrogens (tertiary/aromatic N) is 2. The van der Waals surface area contributed by atoms with Crippen LogP contribution >= 0.6 is 0 Å². The summed E-state index contributed by atoms with van der Waals surface area (Å²) in [7, 11) is 1.38. The first-order valence-electron chi connectivity index (χ1n) is 6.30. The predicted octanol–water partition coefficient (Wildman–Crippen LogP) is 2.26. The van der Waals surface area contributed by atoms with Crippen molar-refractivity contribution in [3.8, 4) is 23.1 Å². The minimum Gasteiger partial charge on any atom is -0.496 e. The van der Waals surface area contributed by atoms with Crippen LogP contribution in [0.2, 0.25) is 0 Å². The highest BCUT2D eigenvalue weighted by Gasteiger charge is 2.15. The van der Waals surface area contributed by atoms with Gasteiger partial charge in [0.25, 0.3) is 11.6 Å². The number of nitriles is 1. The molecular formula is C15H11N3O5. The molecule has 0 fully saturated rings. The van der Waals surface area contributed by atoms with Crippen molar-refractivity contribution in [3.05, 3.63) is 51.8 Å². The summed E-state index contributed by atoms with van der Waals surface area (Å²) in [6, 6.07) is 8.88. The van der Waals surface area contributed by atoms with Gasteiger partial charge >= 0.3 is 0 Å². The summed E-state index contributed by atoms with van der Waals surface area (Å²) < 4.78 is 10.6. The first kappa shape index (κ1) is 15.8. The third-order valence-electron chi connectivity index (χ3n) is 2.96. The fourth-order valence-corrected chi connectivity index (χ4v) is 1.87. The number of non-ortho nitro benzene ring substituents is 1. The molecule has 8 heteroatoms. The number of carbonyl (C=O) groups excluding carboxylic acids is 1. The Kier molecular flexibility index (Phi) is 4.42. The second-order valence-corrected chi connectivity index (χ2v) is 4.38. The Morgan fingerprint density at radius 1 is 1.43 bits per heavy atom. The van der Waals surface area contributed by atoms with Crippen molar-refractivity contribution >= 4 is 17.7 Å². The molecule has 2 aromatic rings. The molecule has 0 atom stereocenters. The Morgan fingerprint density at radius 2 is 2.17 bits per heavy atom. The third-order valence-corrected chi connectivity index (χ3v) is 2.96. The average Bonchev–Trinajstić information content (AvgIpc) is 2.99. The zero-order chi connectivity index (χ0) is 17.0. The summed E-state index contributed by atoms with van der Waals surface area (Å²) in [6.07, 6.45) is 1.21. The van der Waals surface area contributed by atoms with E-state index in [2.05, 4.69) is 0 Å². The molecule has 1 aromatic heterocycles. The lowest BCUT2D eigenvalue weighted by Crippen LogP contribution is -2.12. The monoisotopic (exact) mass is 313 g/mol. The first-order chi connectivity index (χ1) is 11.0. The summed E-state index contributed by atoms with van der Waals surface area (Å²) in [5.74, 6) is 0.0124. The highest BCUT2D eigenvalue weighted by atomic mass is 16.6. The molecule has 2 rings (SSSR count). The van der Waals surface area contributed by atoms with Gasteiger partial charge in [0.2, 0.25) is 0 Å². The smallest absolute Gasteiger partial charge is 0.273 e. The quantitative estimate of drug-likeness (QED) is 0.389. The van der Waals surface area contributed by atoms with Gasteiger partial charge in [-0.1, -0.05) is 0 Å². The molecule has 0 aliphatic heterocycles. The molecule has 8 nitrogen and oxygen atoms in total. The van der Waals surface area contributed by atoms with Gasteiger partial charge in [0.15, 0.2) is 0 Å². The van der Waals surface area contributed by atoms with Crippen molar-refractivity contribution in [1.82, 2.24) is 0 Å². The summed E-state index contributed by atoms with van der Waals surface area (Å²) in [4.78, 5) is 21.3. The lowest BCUT2D eigenvalue weighted by Gasteiger charge is -2.05. The van der Waals surface area contributed by atoms with Crippen LogP contribution in [-0.4, -0.2) is 17.9 Å². The van der Waals surface area contributed by atoms with Gasteiger partial charge in [0.05, 0.1) is 23.7 Å². The number of hydrogen-bond acceptors (Lipinski definition) is 6. The maximum Gasteiger partial charge on any atom is 0.273 e. The number of ether oxygens (including phenoxy) is 1. The number of hydrogen-bond donors (Lipinski definition) is 1. The molecule has 0 saturated carbocycles. The Morgan fingerprint density at radius 3 is 2.74 bits per heavy atom. The maximum atomic E-state index is 11.0. The van der Waals surface area contributed by atoms with Crippen molar-refractivity contribution in [1.29, 1.82) is 5.26 Å². The van der Waals surface area contributed by atoms with Crippen molar-refractivity contribution in [2.45, 2.75) is 0 Å². The van der Waals surface area contributed by atoms with E-state index in [4.69, 9.17) is 20.1 Å². The molecule has 116 valence electrons. The molecule has 0 aliphatic rings. The topological polar surface area (TPSA) is 132 Å². The molecule has 0 spiro atoms. The standard InChI is InChI=1S/C15H11N3O5/c1-22-14-7-10(18(20)21)2-4-12(14)13-5-3-11(23-13)6-9(8-16)15(17)19/h2-7H,1H3,(H2,17,19). The van der Waals surface area contributed by atoms with Crippen LogP contribution in [0.25, 0.3) is 17.4 Å². The zero-order valence-corrected chi connectivity index (χ0v) is 12.0. The highest BCUT2D eigenvalue weighted by molar-refractivity contribution is 6.00. The van der Waals surface area contributed by atoms with E-state index in [0.29, 0.717) is 11.3 Å². The predicted molar refractivity (Wildman–Crippen MR) is 80.1 cm³/mol. The van der Waals surface area contributed by atoms with Crippen LogP contribution in [0.3, 0.4) is 0 Å². The number of nitro benzene ring substituents is 1.